The van der Waals surface area contributed by atoms with Crippen molar-refractivity contribution in [3.8, 4) is 0 Å². The third kappa shape index (κ3) is 5.23. The van der Waals surface area contributed by atoms with Crippen molar-refractivity contribution in [1.29, 1.82) is 0 Å². The van der Waals surface area contributed by atoms with Gasteiger partial charge in [-0.1, -0.05) is 24.3 Å². The van der Waals surface area contributed by atoms with Crippen LogP contribution in [-0.4, -0.2) is 48.1 Å². The Hall–Kier alpha value is -3.22. The Morgan fingerprint density at radius 3 is 2.27 bits per heavy atom. The summed E-state index contributed by atoms with van der Waals surface area (Å²) < 4.78 is 13.1. The van der Waals surface area contributed by atoms with Gasteiger partial charge in [0.1, 0.15) is 11.5 Å². The number of benzene rings is 2. The van der Waals surface area contributed by atoms with Gasteiger partial charge in [0, 0.05) is 45.7 Å². The second-order valence-electron chi connectivity index (χ2n) is 7.50. The summed E-state index contributed by atoms with van der Waals surface area (Å²) in [6.45, 7) is 3.16. The number of hydrogen-bond acceptors (Lipinski definition) is 4. The summed E-state index contributed by atoms with van der Waals surface area (Å²) in [6, 6.07) is 14.0. The van der Waals surface area contributed by atoms with E-state index in [9.17, 15) is 14.0 Å². The average molecular weight is 410 g/mol. The molecular formula is C23H27FN4O2. The SMILES string of the molecule is CCN(Cc1ccc(N(C)C)cc1)C(=O)C1=NN(Cc2ccc(F)cc2)C(=O)CC1. The summed E-state index contributed by atoms with van der Waals surface area (Å²) in [5.74, 6) is -0.635. The van der Waals surface area contributed by atoms with Gasteiger partial charge in [0.15, 0.2) is 0 Å². The molecule has 3 rings (SSSR count). The topological polar surface area (TPSA) is 56.2 Å². The van der Waals surface area contributed by atoms with Gasteiger partial charge in [-0.15, -0.1) is 0 Å². The molecule has 0 aliphatic carbocycles. The molecule has 30 heavy (non-hydrogen) atoms. The maximum atomic E-state index is 13.1. The third-order valence-corrected chi connectivity index (χ3v) is 5.09. The fourth-order valence-corrected chi connectivity index (χ4v) is 3.27. The van der Waals surface area contributed by atoms with E-state index in [1.807, 2.05) is 50.2 Å². The van der Waals surface area contributed by atoms with Gasteiger partial charge in [-0.2, -0.15) is 5.10 Å². The van der Waals surface area contributed by atoms with Crippen LogP contribution in [0.25, 0.3) is 0 Å². The Morgan fingerprint density at radius 2 is 1.67 bits per heavy atom. The molecule has 0 fully saturated rings. The number of halogens is 1. The minimum absolute atomic E-state index is 0.141. The summed E-state index contributed by atoms with van der Waals surface area (Å²) in [4.78, 5) is 29.1. The van der Waals surface area contributed by atoms with Gasteiger partial charge in [0.25, 0.3) is 5.91 Å². The maximum Gasteiger partial charge on any atom is 0.270 e. The normalized spacial score (nSPS) is 13.8. The Balaban J connectivity index is 1.72. The quantitative estimate of drug-likeness (QED) is 0.703. The van der Waals surface area contributed by atoms with Gasteiger partial charge in [-0.05, 0) is 42.3 Å². The van der Waals surface area contributed by atoms with E-state index in [0.717, 1.165) is 16.8 Å². The van der Waals surface area contributed by atoms with Crippen LogP contribution in [-0.2, 0) is 22.7 Å². The van der Waals surface area contributed by atoms with E-state index in [0.29, 0.717) is 25.2 Å². The van der Waals surface area contributed by atoms with Gasteiger partial charge in [0.2, 0.25) is 5.91 Å². The summed E-state index contributed by atoms with van der Waals surface area (Å²) in [6.07, 6.45) is 0.564. The highest BCUT2D eigenvalue weighted by atomic mass is 19.1. The molecule has 0 spiro atoms. The Bertz CT molecular complexity index is 923. The van der Waals surface area contributed by atoms with Crippen molar-refractivity contribution in [2.45, 2.75) is 32.9 Å². The molecule has 0 radical (unpaired) electrons. The standard InChI is InChI=1S/C23H27FN4O2/c1-4-27(15-17-7-11-20(12-8-17)26(2)3)23(30)21-13-14-22(29)28(25-21)16-18-5-9-19(24)10-6-18/h5-12H,4,13-16H2,1-3H3. The minimum Gasteiger partial charge on any atom is -0.378 e. The summed E-state index contributed by atoms with van der Waals surface area (Å²) >= 11 is 0. The van der Waals surface area contributed by atoms with Gasteiger partial charge < -0.3 is 9.80 Å². The molecule has 0 N–H and O–H groups in total. The van der Waals surface area contributed by atoms with Gasteiger partial charge in [-0.25, -0.2) is 9.40 Å². The highest BCUT2D eigenvalue weighted by Crippen LogP contribution is 2.17. The molecule has 158 valence electrons. The molecule has 2 aromatic rings. The van der Waals surface area contributed by atoms with Gasteiger partial charge in [0.05, 0.1) is 6.54 Å². The maximum absolute atomic E-state index is 13.1. The van der Waals surface area contributed by atoms with Crippen LogP contribution in [0.4, 0.5) is 10.1 Å². The molecule has 0 unspecified atom stereocenters. The molecule has 1 heterocycles. The minimum atomic E-state index is -0.333. The first kappa shape index (κ1) is 21.5. The fourth-order valence-electron chi connectivity index (χ4n) is 3.27. The molecular weight excluding hydrogens is 383 g/mol. The van der Waals surface area contributed by atoms with E-state index < -0.39 is 0 Å². The third-order valence-electron chi connectivity index (χ3n) is 5.09. The molecule has 6 nitrogen and oxygen atoms in total. The number of amides is 2. The van der Waals surface area contributed by atoms with E-state index in [1.54, 1.807) is 17.0 Å². The van der Waals surface area contributed by atoms with Crippen LogP contribution in [0.5, 0.6) is 0 Å². The second-order valence-corrected chi connectivity index (χ2v) is 7.50. The number of hydrogen-bond donors (Lipinski definition) is 0. The lowest BCUT2D eigenvalue weighted by Crippen LogP contribution is -2.41. The van der Waals surface area contributed by atoms with Crippen LogP contribution in [0.3, 0.4) is 0 Å². The lowest BCUT2D eigenvalue weighted by Gasteiger charge is -2.27. The number of anilines is 1. The van der Waals surface area contributed by atoms with Crippen molar-refractivity contribution in [1.82, 2.24) is 9.91 Å². The summed E-state index contributed by atoms with van der Waals surface area (Å²) in [7, 11) is 3.97. The zero-order valence-electron chi connectivity index (χ0n) is 17.6. The van der Waals surface area contributed by atoms with Crippen molar-refractivity contribution in [2.24, 2.45) is 5.10 Å². The van der Waals surface area contributed by atoms with Crippen LogP contribution >= 0.6 is 0 Å². The van der Waals surface area contributed by atoms with Crippen molar-refractivity contribution >= 4 is 23.2 Å². The second kappa shape index (κ2) is 9.52. The highest BCUT2D eigenvalue weighted by Gasteiger charge is 2.27. The molecule has 0 aromatic heterocycles. The molecule has 2 amide bonds. The fraction of sp³-hybridized carbons (Fsp3) is 0.348. The van der Waals surface area contributed by atoms with Crippen LogP contribution in [0.2, 0.25) is 0 Å². The van der Waals surface area contributed by atoms with Crippen LogP contribution in [0.15, 0.2) is 53.6 Å². The Morgan fingerprint density at radius 1 is 1.03 bits per heavy atom. The molecule has 1 aliphatic heterocycles. The van der Waals surface area contributed by atoms with Crippen LogP contribution in [0.1, 0.15) is 30.9 Å². The number of rotatable bonds is 7. The Labute approximate surface area is 176 Å². The van der Waals surface area contributed by atoms with Crippen molar-refractivity contribution < 1.29 is 14.0 Å². The number of carbonyl (C=O) groups excluding carboxylic acids is 2. The van der Waals surface area contributed by atoms with Crippen molar-refractivity contribution in [3.05, 3.63) is 65.5 Å². The van der Waals surface area contributed by atoms with E-state index in [2.05, 4.69) is 5.10 Å². The predicted octanol–water partition coefficient (Wildman–Crippen LogP) is 3.42. The van der Waals surface area contributed by atoms with Crippen LogP contribution in [0, 0.1) is 5.82 Å². The van der Waals surface area contributed by atoms with E-state index in [-0.39, 0.29) is 30.6 Å². The van der Waals surface area contributed by atoms with Gasteiger partial charge in [-0.3, -0.25) is 9.59 Å². The molecule has 0 atom stereocenters. The monoisotopic (exact) mass is 410 g/mol. The first-order valence-electron chi connectivity index (χ1n) is 10.0. The van der Waals surface area contributed by atoms with E-state index in [4.69, 9.17) is 0 Å². The first-order valence-corrected chi connectivity index (χ1v) is 10.0. The molecule has 0 saturated heterocycles. The number of nitrogens with zero attached hydrogens (tertiary/aromatic N) is 4. The number of hydrazone groups is 1. The van der Waals surface area contributed by atoms with Crippen LogP contribution < -0.4 is 4.90 Å². The molecule has 7 heteroatoms. The van der Waals surface area contributed by atoms with Crippen molar-refractivity contribution in [3.63, 3.8) is 0 Å². The first-order chi connectivity index (χ1) is 14.4. The summed E-state index contributed by atoms with van der Waals surface area (Å²) in [5, 5.41) is 5.65. The molecule has 1 aliphatic rings. The van der Waals surface area contributed by atoms with E-state index in [1.165, 1.54) is 17.1 Å². The van der Waals surface area contributed by atoms with Crippen molar-refractivity contribution in [2.75, 3.05) is 25.5 Å². The molecule has 0 saturated carbocycles. The zero-order valence-corrected chi connectivity index (χ0v) is 17.6. The lowest BCUT2D eigenvalue weighted by atomic mass is 10.1. The smallest absolute Gasteiger partial charge is 0.270 e. The molecule has 2 aromatic carbocycles. The summed E-state index contributed by atoms with van der Waals surface area (Å²) in [5.41, 5.74) is 3.27. The molecule has 0 bridgehead atoms. The average Bonchev–Trinajstić information content (AvgIpc) is 2.75. The largest absolute Gasteiger partial charge is 0.378 e. The lowest BCUT2D eigenvalue weighted by molar-refractivity contribution is -0.132. The predicted molar refractivity (Wildman–Crippen MR) is 115 cm³/mol. The van der Waals surface area contributed by atoms with E-state index >= 15 is 0 Å². The van der Waals surface area contributed by atoms with Gasteiger partial charge >= 0.3 is 0 Å². The zero-order chi connectivity index (χ0) is 21.7. The Kier molecular flexibility index (Phi) is 6.82. The highest BCUT2D eigenvalue weighted by molar-refractivity contribution is 6.39. The number of carbonyl (C=O) groups is 2.